The molecule has 0 amide bonds. The maximum atomic E-state index is 12.0. The highest BCUT2D eigenvalue weighted by Gasteiger charge is 2.12. The average Bonchev–Trinajstić information content (AvgIpc) is 2.95. The van der Waals surface area contributed by atoms with Gasteiger partial charge >= 0.3 is 0 Å². The minimum atomic E-state index is 0.0144. The first-order chi connectivity index (χ1) is 10.5. The number of methoxy groups -OCH3 is 1. The topological polar surface area (TPSA) is 46.5 Å². The number of allylic oxidation sites excluding steroid dienone is 1. The molecule has 22 heavy (non-hydrogen) atoms. The van der Waals surface area contributed by atoms with Gasteiger partial charge in [0, 0.05) is 23.1 Å². The Morgan fingerprint density at radius 3 is 2.55 bits per heavy atom. The maximum Gasteiger partial charge on any atom is 0.173 e. The third-order valence-corrected chi connectivity index (χ3v) is 4.14. The van der Waals surface area contributed by atoms with Crippen LogP contribution in [0.3, 0.4) is 0 Å². The summed E-state index contributed by atoms with van der Waals surface area (Å²) in [5.74, 6) is 0.799. The molecule has 0 radical (unpaired) electrons. The second-order valence-electron chi connectivity index (χ2n) is 4.44. The number of hydrogen-bond donors (Lipinski definition) is 1. The molecule has 0 spiro atoms. The van der Waals surface area contributed by atoms with Gasteiger partial charge in [0.05, 0.1) is 17.7 Å². The van der Waals surface area contributed by atoms with Crippen LogP contribution in [0, 0.1) is 0 Å². The van der Waals surface area contributed by atoms with Gasteiger partial charge in [-0.2, -0.15) is 0 Å². The van der Waals surface area contributed by atoms with Crippen molar-refractivity contribution < 1.29 is 14.6 Å². The summed E-state index contributed by atoms with van der Waals surface area (Å²) in [5, 5.41) is 10.1. The average molecular weight is 318 g/mol. The van der Waals surface area contributed by atoms with Crippen molar-refractivity contribution in [2.24, 2.45) is 0 Å². The van der Waals surface area contributed by atoms with Crippen LogP contribution in [0.4, 0.5) is 0 Å². The van der Waals surface area contributed by atoms with Crippen LogP contribution < -0.4 is 4.74 Å². The van der Waals surface area contributed by atoms with E-state index < -0.39 is 0 Å². The van der Waals surface area contributed by atoms with Crippen molar-refractivity contribution >= 4 is 33.3 Å². The van der Waals surface area contributed by atoms with Crippen molar-refractivity contribution in [3.05, 3.63) is 47.6 Å². The van der Waals surface area contributed by atoms with Crippen molar-refractivity contribution in [2.75, 3.05) is 7.11 Å². The lowest BCUT2D eigenvalue weighted by Gasteiger charge is -2.04. The SMILES string of the molecule is C=Cc1cc2cc(C(=O)CCC(=C)O)sc2cc1OC.CC. The summed E-state index contributed by atoms with van der Waals surface area (Å²) in [6.45, 7) is 11.1. The summed E-state index contributed by atoms with van der Waals surface area (Å²) in [7, 11) is 1.61. The normalized spacial score (nSPS) is 9.77. The Kier molecular flexibility index (Phi) is 6.86. The lowest BCUT2D eigenvalue weighted by molar-refractivity contribution is 0.0982. The van der Waals surface area contributed by atoms with Gasteiger partial charge in [-0.15, -0.1) is 11.3 Å². The molecule has 0 aliphatic rings. The van der Waals surface area contributed by atoms with Gasteiger partial charge in [0.15, 0.2) is 5.78 Å². The Morgan fingerprint density at radius 2 is 2.00 bits per heavy atom. The zero-order chi connectivity index (χ0) is 16.7. The number of Topliss-reactive ketones (excluding diaryl/α,β-unsaturated/α-hetero) is 1. The van der Waals surface area contributed by atoms with Gasteiger partial charge in [0.1, 0.15) is 5.75 Å². The number of benzene rings is 1. The fourth-order valence-electron chi connectivity index (χ4n) is 1.94. The van der Waals surface area contributed by atoms with Crippen LogP contribution in [0.2, 0.25) is 0 Å². The van der Waals surface area contributed by atoms with Crippen molar-refractivity contribution in [1.82, 2.24) is 0 Å². The van der Waals surface area contributed by atoms with E-state index in [1.165, 1.54) is 11.3 Å². The second-order valence-corrected chi connectivity index (χ2v) is 5.52. The first-order valence-electron chi connectivity index (χ1n) is 7.19. The highest BCUT2D eigenvalue weighted by Crippen LogP contribution is 2.33. The molecule has 0 saturated heterocycles. The minimum absolute atomic E-state index is 0.0144. The Labute approximate surface area is 135 Å². The predicted octanol–water partition coefficient (Wildman–Crippen LogP) is 5.61. The molecule has 1 heterocycles. The number of carbonyl (C=O) groups is 1. The third-order valence-electron chi connectivity index (χ3n) is 3.00. The van der Waals surface area contributed by atoms with Gasteiger partial charge in [-0.05, 0) is 23.6 Å². The highest BCUT2D eigenvalue weighted by molar-refractivity contribution is 7.20. The van der Waals surface area contributed by atoms with E-state index in [0.29, 0.717) is 11.3 Å². The van der Waals surface area contributed by atoms with Crippen molar-refractivity contribution in [3.8, 4) is 5.75 Å². The number of fused-ring (bicyclic) bond motifs is 1. The zero-order valence-corrected chi connectivity index (χ0v) is 14.1. The summed E-state index contributed by atoms with van der Waals surface area (Å²) in [6, 6.07) is 5.74. The molecular weight excluding hydrogens is 296 g/mol. The first-order valence-corrected chi connectivity index (χ1v) is 8.00. The van der Waals surface area contributed by atoms with Crippen LogP contribution in [0.25, 0.3) is 16.2 Å². The molecule has 1 aromatic carbocycles. The molecule has 0 fully saturated rings. The number of ketones is 1. The van der Waals surface area contributed by atoms with Crippen LogP contribution in [-0.2, 0) is 0 Å². The standard InChI is InChI=1S/C16H16O3S.C2H6/c1-4-11-7-12-8-16(13(18)6-5-10(2)17)20-15(12)9-14(11)19-3;1-2/h4,7-9,17H,1-2,5-6H2,3H3;1-2H3. The zero-order valence-electron chi connectivity index (χ0n) is 13.3. The quantitative estimate of drug-likeness (QED) is 0.556. The molecule has 0 aliphatic heterocycles. The Morgan fingerprint density at radius 1 is 1.32 bits per heavy atom. The van der Waals surface area contributed by atoms with Crippen LogP contribution in [0.15, 0.2) is 37.1 Å². The van der Waals surface area contributed by atoms with Crippen LogP contribution in [-0.4, -0.2) is 18.0 Å². The molecule has 0 bridgehead atoms. The molecule has 2 rings (SSSR count). The number of hydrogen-bond acceptors (Lipinski definition) is 4. The largest absolute Gasteiger partial charge is 0.513 e. The molecule has 3 nitrogen and oxygen atoms in total. The van der Waals surface area contributed by atoms with Crippen molar-refractivity contribution in [2.45, 2.75) is 26.7 Å². The molecule has 2 aromatic rings. The van der Waals surface area contributed by atoms with E-state index in [0.717, 1.165) is 21.4 Å². The van der Waals surface area contributed by atoms with E-state index in [2.05, 4.69) is 13.2 Å². The lowest BCUT2D eigenvalue weighted by atomic mass is 10.1. The summed E-state index contributed by atoms with van der Waals surface area (Å²) in [6.07, 6.45) is 2.30. The number of aliphatic hydroxyl groups excluding tert-OH is 1. The highest BCUT2D eigenvalue weighted by atomic mass is 32.1. The van der Waals surface area contributed by atoms with E-state index >= 15 is 0 Å². The molecule has 4 heteroatoms. The summed E-state index contributed by atoms with van der Waals surface area (Å²) < 4.78 is 6.30. The number of rotatable bonds is 6. The molecule has 0 aliphatic carbocycles. The summed E-state index contributed by atoms with van der Waals surface area (Å²) in [4.78, 5) is 12.7. The van der Waals surface area contributed by atoms with Crippen LogP contribution in [0.5, 0.6) is 5.75 Å². The first kappa shape index (κ1) is 18.0. The summed E-state index contributed by atoms with van der Waals surface area (Å²) in [5.41, 5.74) is 0.903. The van der Waals surface area contributed by atoms with Gasteiger partial charge in [0.2, 0.25) is 0 Å². The van der Waals surface area contributed by atoms with Gasteiger partial charge in [-0.25, -0.2) is 0 Å². The van der Waals surface area contributed by atoms with E-state index in [1.807, 2.05) is 32.0 Å². The molecule has 0 saturated carbocycles. The maximum absolute atomic E-state index is 12.0. The van der Waals surface area contributed by atoms with E-state index in [1.54, 1.807) is 13.2 Å². The predicted molar refractivity (Wildman–Crippen MR) is 95.1 cm³/mol. The molecule has 0 unspecified atom stereocenters. The Hall–Kier alpha value is -2.07. The van der Waals surface area contributed by atoms with Crippen molar-refractivity contribution in [1.29, 1.82) is 0 Å². The summed E-state index contributed by atoms with van der Waals surface area (Å²) >= 11 is 1.43. The fraction of sp³-hybridized carbons (Fsp3) is 0.278. The fourth-order valence-corrected chi connectivity index (χ4v) is 2.98. The molecule has 1 aromatic heterocycles. The smallest absolute Gasteiger partial charge is 0.173 e. The second kappa shape index (κ2) is 8.39. The number of ether oxygens (including phenoxy) is 1. The van der Waals surface area contributed by atoms with E-state index in [-0.39, 0.29) is 18.0 Å². The number of aliphatic hydroxyl groups is 1. The number of thiophene rings is 1. The van der Waals surface area contributed by atoms with Gasteiger partial charge in [0.25, 0.3) is 0 Å². The third kappa shape index (κ3) is 4.21. The van der Waals surface area contributed by atoms with Crippen LogP contribution in [0.1, 0.15) is 41.9 Å². The van der Waals surface area contributed by atoms with Gasteiger partial charge in [-0.3, -0.25) is 4.79 Å². The van der Waals surface area contributed by atoms with E-state index in [4.69, 9.17) is 9.84 Å². The van der Waals surface area contributed by atoms with Gasteiger partial charge < -0.3 is 9.84 Å². The monoisotopic (exact) mass is 318 g/mol. The molecule has 1 N–H and O–H groups in total. The molecular formula is C18H22O3S. The minimum Gasteiger partial charge on any atom is -0.513 e. The number of carbonyl (C=O) groups excluding carboxylic acids is 1. The van der Waals surface area contributed by atoms with Gasteiger partial charge in [-0.1, -0.05) is 33.1 Å². The van der Waals surface area contributed by atoms with Crippen molar-refractivity contribution in [3.63, 3.8) is 0 Å². The lowest BCUT2D eigenvalue weighted by Crippen LogP contribution is -1.96. The Bertz CT molecular complexity index is 683. The van der Waals surface area contributed by atoms with E-state index in [9.17, 15) is 4.79 Å². The molecule has 118 valence electrons. The van der Waals surface area contributed by atoms with Crippen LogP contribution >= 0.6 is 11.3 Å². The molecule has 0 atom stereocenters. The Balaban J connectivity index is 0.00000116.